The summed E-state index contributed by atoms with van der Waals surface area (Å²) in [5.74, 6) is 1.22. The first-order valence-corrected chi connectivity index (χ1v) is 10.8. The Morgan fingerprint density at radius 3 is 2.27 bits per heavy atom. The summed E-state index contributed by atoms with van der Waals surface area (Å²) < 4.78 is 11.7. The molecule has 5 nitrogen and oxygen atoms in total. The fourth-order valence-electron chi connectivity index (χ4n) is 4.05. The highest BCUT2D eigenvalue weighted by atomic mass is 16.5. The molecule has 0 saturated carbocycles. The first kappa shape index (κ1) is 20.6. The SMILES string of the molecule is COc1cc([C@H]2Nc3ccccc3C(=O)N2c2ccccc2)ccc1OCc1ccccc1. The van der Waals surface area contributed by atoms with E-state index in [1.165, 1.54) is 0 Å². The molecule has 1 atom stereocenters. The maximum Gasteiger partial charge on any atom is 0.262 e. The molecule has 1 N–H and O–H groups in total. The van der Waals surface area contributed by atoms with Crippen molar-refractivity contribution in [3.05, 3.63) is 120 Å². The smallest absolute Gasteiger partial charge is 0.262 e. The number of nitrogens with one attached hydrogen (secondary N) is 1. The highest BCUT2D eigenvalue weighted by Crippen LogP contribution is 2.39. The number of nitrogens with zero attached hydrogens (tertiary/aromatic N) is 1. The Labute approximate surface area is 193 Å². The molecule has 1 amide bonds. The summed E-state index contributed by atoms with van der Waals surface area (Å²) in [6, 6.07) is 33.0. The molecular weight excluding hydrogens is 412 g/mol. The number of ether oxygens (including phenoxy) is 2. The minimum absolute atomic E-state index is 0.0519. The summed E-state index contributed by atoms with van der Waals surface area (Å²) in [6.07, 6.45) is -0.396. The predicted molar refractivity (Wildman–Crippen MR) is 130 cm³/mol. The van der Waals surface area contributed by atoms with E-state index >= 15 is 0 Å². The van der Waals surface area contributed by atoms with Gasteiger partial charge in [0.2, 0.25) is 0 Å². The fraction of sp³-hybridized carbons (Fsp3) is 0.107. The van der Waals surface area contributed by atoms with Gasteiger partial charge in [0.05, 0.1) is 12.7 Å². The van der Waals surface area contributed by atoms with Crippen molar-refractivity contribution in [1.82, 2.24) is 0 Å². The van der Waals surface area contributed by atoms with Crippen LogP contribution < -0.4 is 19.7 Å². The number of carbonyl (C=O) groups is 1. The summed E-state index contributed by atoms with van der Waals surface area (Å²) in [6.45, 7) is 0.445. The van der Waals surface area contributed by atoms with E-state index in [4.69, 9.17) is 9.47 Å². The number of methoxy groups -OCH3 is 1. The summed E-state index contributed by atoms with van der Waals surface area (Å²) >= 11 is 0. The molecule has 164 valence electrons. The van der Waals surface area contributed by atoms with Gasteiger partial charge in [0.1, 0.15) is 12.8 Å². The zero-order valence-electron chi connectivity index (χ0n) is 18.3. The van der Waals surface area contributed by atoms with Crippen LogP contribution in [-0.2, 0) is 6.61 Å². The Morgan fingerprint density at radius 1 is 0.818 bits per heavy atom. The molecule has 5 heteroatoms. The van der Waals surface area contributed by atoms with Crippen LogP contribution in [0.5, 0.6) is 11.5 Å². The van der Waals surface area contributed by atoms with Gasteiger partial charge in [-0.25, -0.2) is 0 Å². The number of benzene rings is 4. The zero-order chi connectivity index (χ0) is 22.6. The number of fused-ring (bicyclic) bond motifs is 1. The summed E-state index contributed by atoms with van der Waals surface area (Å²) in [5, 5.41) is 3.53. The fourth-order valence-corrected chi connectivity index (χ4v) is 4.05. The van der Waals surface area contributed by atoms with Crippen molar-refractivity contribution in [2.75, 3.05) is 17.3 Å². The van der Waals surface area contributed by atoms with E-state index in [2.05, 4.69) is 5.32 Å². The van der Waals surface area contributed by atoms with Crippen LogP contribution in [0.15, 0.2) is 103 Å². The monoisotopic (exact) mass is 436 g/mol. The predicted octanol–water partition coefficient (Wildman–Crippen LogP) is 6.05. The molecule has 0 saturated heterocycles. The first-order valence-electron chi connectivity index (χ1n) is 10.8. The standard InChI is InChI=1S/C28H24N2O3/c1-32-26-18-21(16-17-25(26)33-19-20-10-4-2-5-11-20)27-29-24-15-9-8-14-23(24)28(31)30(27)22-12-6-3-7-13-22/h2-18,27,29H,19H2,1H3/t27-/m0/s1. The van der Waals surface area contributed by atoms with E-state index < -0.39 is 6.17 Å². The molecule has 0 aliphatic carbocycles. The molecule has 0 fully saturated rings. The van der Waals surface area contributed by atoms with Gasteiger partial charge >= 0.3 is 0 Å². The van der Waals surface area contributed by atoms with Gasteiger partial charge in [-0.15, -0.1) is 0 Å². The number of carbonyl (C=O) groups excluding carboxylic acids is 1. The highest BCUT2D eigenvalue weighted by Gasteiger charge is 2.34. The van der Waals surface area contributed by atoms with Gasteiger partial charge < -0.3 is 14.8 Å². The van der Waals surface area contributed by atoms with Crippen molar-refractivity contribution in [2.45, 2.75) is 12.8 Å². The number of rotatable bonds is 6. The lowest BCUT2D eigenvalue weighted by Gasteiger charge is -2.38. The van der Waals surface area contributed by atoms with Gasteiger partial charge in [0.25, 0.3) is 5.91 Å². The third-order valence-corrected chi connectivity index (χ3v) is 5.70. The molecule has 33 heavy (non-hydrogen) atoms. The summed E-state index contributed by atoms with van der Waals surface area (Å²) in [5.41, 5.74) is 4.24. The summed E-state index contributed by atoms with van der Waals surface area (Å²) in [7, 11) is 1.62. The minimum Gasteiger partial charge on any atom is -0.493 e. The van der Waals surface area contributed by atoms with E-state index in [0.29, 0.717) is 23.7 Å². The second-order valence-electron chi connectivity index (χ2n) is 7.79. The largest absolute Gasteiger partial charge is 0.493 e. The topological polar surface area (TPSA) is 50.8 Å². The van der Waals surface area contributed by atoms with Crippen LogP contribution in [0.4, 0.5) is 11.4 Å². The molecule has 4 aromatic carbocycles. The third kappa shape index (κ3) is 4.13. The van der Waals surface area contributed by atoms with Gasteiger partial charge in [-0.05, 0) is 47.5 Å². The van der Waals surface area contributed by atoms with Gasteiger partial charge in [-0.3, -0.25) is 9.69 Å². The van der Waals surface area contributed by atoms with E-state index in [0.717, 1.165) is 22.5 Å². The van der Waals surface area contributed by atoms with Gasteiger partial charge in [-0.1, -0.05) is 66.7 Å². The van der Waals surface area contributed by atoms with Crippen LogP contribution in [0.1, 0.15) is 27.7 Å². The van der Waals surface area contributed by atoms with Crippen LogP contribution in [0.2, 0.25) is 0 Å². The molecule has 5 rings (SSSR count). The maximum absolute atomic E-state index is 13.5. The Bertz CT molecular complexity index is 1260. The highest BCUT2D eigenvalue weighted by molar-refractivity contribution is 6.12. The zero-order valence-corrected chi connectivity index (χ0v) is 18.3. The molecule has 4 aromatic rings. The average molecular weight is 437 g/mol. The van der Waals surface area contributed by atoms with E-state index in [9.17, 15) is 4.79 Å². The Hall–Kier alpha value is -4.25. The quantitative estimate of drug-likeness (QED) is 0.400. The van der Waals surface area contributed by atoms with Crippen LogP contribution >= 0.6 is 0 Å². The molecule has 1 heterocycles. The molecule has 0 bridgehead atoms. The molecule has 1 aliphatic heterocycles. The lowest BCUT2D eigenvalue weighted by atomic mass is 10.0. The van der Waals surface area contributed by atoms with Crippen LogP contribution in [0, 0.1) is 0 Å². The van der Waals surface area contributed by atoms with Crippen molar-refractivity contribution in [3.8, 4) is 11.5 Å². The lowest BCUT2D eigenvalue weighted by molar-refractivity contribution is 0.0975. The number of hydrogen-bond acceptors (Lipinski definition) is 4. The molecule has 0 unspecified atom stereocenters. The second kappa shape index (κ2) is 9.09. The maximum atomic E-state index is 13.5. The molecule has 0 radical (unpaired) electrons. The van der Waals surface area contributed by atoms with Crippen LogP contribution in [0.25, 0.3) is 0 Å². The minimum atomic E-state index is -0.396. The number of amides is 1. The average Bonchev–Trinajstić information content (AvgIpc) is 2.88. The number of anilines is 2. The van der Waals surface area contributed by atoms with E-state index in [1.807, 2.05) is 103 Å². The number of hydrogen-bond donors (Lipinski definition) is 1. The third-order valence-electron chi connectivity index (χ3n) is 5.70. The molecule has 1 aliphatic rings. The van der Waals surface area contributed by atoms with Gasteiger partial charge in [-0.2, -0.15) is 0 Å². The van der Waals surface area contributed by atoms with Crippen molar-refractivity contribution in [3.63, 3.8) is 0 Å². The number of para-hydroxylation sites is 2. The van der Waals surface area contributed by atoms with Gasteiger partial charge in [0, 0.05) is 11.4 Å². The van der Waals surface area contributed by atoms with Crippen molar-refractivity contribution < 1.29 is 14.3 Å². The molecule has 0 spiro atoms. The molecular formula is C28H24N2O3. The van der Waals surface area contributed by atoms with E-state index in [1.54, 1.807) is 12.0 Å². The van der Waals surface area contributed by atoms with Gasteiger partial charge in [0.15, 0.2) is 11.5 Å². The van der Waals surface area contributed by atoms with Crippen molar-refractivity contribution >= 4 is 17.3 Å². The Kier molecular flexibility index (Phi) is 5.68. The first-order chi connectivity index (χ1) is 16.2. The van der Waals surface area contributed by atoms with Crippen LogP contribution in [-0.4, -0.2) is 13.0 Å². The Balaban J connectivity index is 1.50. The lowest BCUT2D eigenvalue weighted by Crippen LogP contribution is -2.43. The molecule has 0 aromatic heterocycles. The van der Waals surface area contributed by atoms with Crippen LogP contribution in [0.3, 0.4) is 0 Å². The summed E-state index contributed by atoms with van der Waals surface area (Å²) in [4.78, 5) is 15.3. The second-order valence-corrected chi connectivity index (χ2v) is 7.79. The van der Waals surface area contributed by atoms with Crippen molar-refractivity contribution in [1.29, 1.82) is 0 Å². The van der Waals surface area contributed by atoms with Crippen molar-refractivity contribution in [2.24, 2.45) is 0 Å². The normalized spacial score (nSPS) is 14.9. The van der Waals surface area contributed by atoms with E-state index in [-0.39, 0.29) is 5.91 Å². The Morgan fingerprint density at radius 2 is 1.52 bits per heavy atom.